The van der Waals surface area contributed by atoms with Gasteiger partial charge >= 0.3 is 0 Å². The van der Waals surface area contributed by atoms with Gasteiger partial charge in [-0.2, -0.15) is 0 Å². The third-order valence-corrected chi connectivity index (χ3v) is 5.72. The van der Waals surface area contributed by atoms with E-state index in [-0.39, 0.29) is 0 Å². The van der Waals surface area contributed by atoms with E-state index in [2.05, 4.69) is 49.9 Å². The molecule has 110 valence electrons. The lowest BCUT2D eigenvalue weighted by Crippen LogP contribution is -2.49. The number of benzene rings is 1. The van der Waals surface area contributed by atoms with E-state index in [0.717, 1.165) is 4.48 Å². The maximum absolute atomic E-state index is 2.46. The zero-order valence-corrected chi connectivity index (χ0v) is 13.4. The summed E-state index contributed by atoms with van der Waals surface area (Å²) in [6, 6.07) is 8.92. The van der Waals surface area contributed by atoms with Crippen molar-refractivity contribution in [2.75, 3.05) is 20.1 Å². The molecule has 1 unspecified atom stereocenters. The highest BCUT2D eigenvalue weighted by Crippen LogP contribution is 2.44. The van der Waals surface area contributed by atoms with Gasteiger partial charge in [-0.1, -0.05) is 25.1 Å². The van der Waals surface area contributed by atoms with Gasteiger partial charge in [-0.05, 0) is 30.0 Å². The average molecular weight is 281 g/mol. The number of aryl methyl sites for hydroxylation is 1. The number of rotatable bonds is 1. The normalized spacial score (nSPS) is 25.1. The van der Waals surface area contributed by atoms with Crippen LogP contribution in [0.2, 0.25) is 0 Å². The Morgan fingerprint density at radius 3 is 2.76 bits per heavy atom. The van der Waals surface area contributed by atoms with Gasteiger partial charge in [-0.3, -0.25) is 4.48 Å². The molecule has 0 radical (unpaired) electrons. The fourth-order valence-corrected chi connectivity index (χ4v) is 4.63. The first-order valence-electron chi connectivity index (χ1n) is 8.29. The molecule has 0 fully saturated rings. The molecule has 2 aliphatic heterocycles. The molecule has 0 saturated heterocycles. The number of likely N-dealkylation sites (N-methyl/N-ethyl adjacent to an activating group) is 1. The van der Waals surface area contributed by atoms with Gasteiger partial charge in [0, 0.05) is 30.8 Å². The molecule has 0 amide bonds. The predicted octanol–water partition coefficient (Wildman–Crippen LogP) is 4.10. The predicted molar refractivity (Wildman–Crippen MR) is 89.0 cm³/mol. The van der Waals surface area contributed by atoms with E-state index in [1.54, 1.807) is 16.8 Å². The minimum atomic E-state index is 1.15. The minimum absolute atomic E-state index is 1.15. The molecule has 3 heterocycles. The van der Waals surface area contributed by atoms with Gasteiger partial charge in [0.25, 0.3) is 0 Å². The Morgan fingerprint density at radius 2 is 1.95 bits per heavy atom. The van der Waals surface area contributed by atoms with Gasteiger partial charge in [-0.25, -0.2) is 0 Å². The Morgan fingerprint density at radius 1 is 1.14 bits per heavy atom. The largest absolute Gasteiger partial charge is 0.339 e. The molecule has 1 atom stereocenters. The summed E-state index contributed by atoms with van der Waals surface area (Å²) in [7, 11) is 4.70. The fraction of sp³-hybridized carbons (Fsp3) is 0.474. The number of allylic oxidation sites excluding steroid dienone is 1. The molecular formula is C19H25N2+. The molecule has 4 rings (SSSR count). The third kappa shape index (κ3) is 1.69. The number of para-hydroxylation sites is 1. The van der Waals surface area contributed by atoms with Crippen LogP contribution in [0.4, 0.5) is 0 Å². The molecule has 21 heavy (non-hydrogen) atoms. The molecule has 2 nitrogen and oxygen atoms in total. The van der Waals surface area contributed by atoms with Crippen LogP contribution < -0.4 is 0 Å². The Labute approximate surface area is 127 Å². The summed E-state index contributed by atoms with van der Waals surface area (Å²) < 4.78 is 3.61. The Kier molecular flexibility index (Phi) is 2.80. The summed E-state index contributed by atoms with van der Waals surface area (Å²) in [5.74, 6) is 0. The molecule has 0 aliphatic carbocycles. The van der Waals surface area contributed by atoms with Crippen molar-refractivity contribution in [2.24, 2.45) is 7.05 Å². The van der Waals surface area contributed by atoms with Gasteiger partial charge in [0.1, 0.15) is 5.69 Å². The lowest BCUT2D eigenvalue weighted by Gasteiger charge is -2.43. The van der Waals surface area contributed by atoms with Crippen molar-refractivity contribution in [3.63, 3.8) is 0 Å². The molecule has 0 bridgehead atoms. The average Bonchev–Trinajstić information content (AvgIpc) is 2.79. The second kappa shape index (κ2) is 4.48. The summed E-state index contributed by atoms with van der Waals surface area (Å²) in [4.78, 5) is 0. The molecule has 2 heteroatoms. The van der Waals surface area contributed by atoms with E-state index in [0.29, 0.717) is 0 Å². The molecular weight excluding hydrogens is 256 g/mol. The quantitative estimate of drug-likeness (QED) is 0.694. The highest BCUT2D eigenvalue weighted by Gasteiger charge is 2.41. The van der Waals surface area contributed by atoms with Gasteiger partial charge in [-0.15, -0.1) is 0 Å². The fourth-order valence-electron chi connectivity index (χ4n) is 4.63. The van der Waals surface area contributed by atoms with Crippen molar-refractivity contribution in [3.05, 3.63) is 41.1 Å². The summed E-state index contributed by atoms with van der Waals surface area (Å²) in [6.07, 6.45) is 5.06. The lowest BCUT2D eigenvalue weighted by atomic mass is 9.89. The van der Waals surface area contributed by atoms with Crippen LogP contribution in [0, 0.1) is 0 Å². The van der Waals surface area contributed by atoms with E-state index in [1.165, 1.54) is 55.4 Å². The first-order chi connectivity index (χ1) is 10.2. The second-order valence-electron chi connectivity index (χ2n) is 6.91. The maximum Gasteiger partial charge on any atom is 0.156 e. The molecule has 0 N–H and O–H groups in total. The number of hydrogen-bond acceptors (Lipinski definition) is 0. The van der Waals surface area contributed by atoms with E-state index in [1.807, 2.05) is 0 Å². The molecule has 2 aliphatic rings. The smallest absolute Gasteiger partial charge is 0.156 e. The summed E-state index contributed by atoms with van der Waals surface area (Å²) in [5, 5.41) is 1.47. The van der Waals surface area contributed by atoms with Crippen molar-refractivity contribution in [1.82, 2.24) is 4.57 Å². The van der Waals surface area contributed by atoms with Crippen molar-refractivity contribution < 1.29 is 4.48 Å². The van der Waals surface area contributed by atoms with Crippen molar-refractivity contribution >= 4 is 16.6 Å². The van der Waals surface area contributed by atoms with Gasteiger partial charge in [0.05, 0.1) is 20.1 Å². The molecule has 0 saturated carbocycles. The molecule has 0 spiro atoms. The zero-order chi connectivity index (χ0) is 14.6. The summed E-state index contributed by atoms with van der Waals surface area (Å²) in [6.45, 7) is 4.90. The molecule has 1 aromatic carbocycles. The number of quaternary nitrogens is 1. The highest BCUT2D eigenvalue weighted by molar-refractivity contribution is 5.90. The summed E-state index contributed by atoms with van der Waals surface area (Å²) in [5.41, 5.74) is 7.84. The van der Waals surface area contributed by atoms with Gasteiger partial charge < -0.3 is 4.57 Å². The minimum Gasteiger partial charge on any atom is -0.339 e. The van der Waals surface area contributed by atoms with Crippen LogP contribution in [0.15, 0.2) is 29.8 Å². The first-order valence-corrected chi connectivity index (χ1v) is 8.29. The first kappa shape index (κ1) is 13.1. The lowest BCUT2D eigenvalue weighted by molar-refractivity contribution is -0.843. The van der Waals surface area contributed by atoms with E-state index in [9.17, 15) is 0 Å². The summed E-state index contributed by atoms with van der Waals surface area (Å²) >= 11 is 0. The van der Waals surface area contributed by atoms with E-state index < -0.39 is 0 Å². The van der Waals surface area contributed by atoms with Crippen LogP contribution in [0.3, 0.4) is 0 Å². The van der Waals surface area contributed by atoms with Crippen molar-refractivity contribution in [2.45, 2.75) is 32.6 Å². The van der Waals surface area contributed by atoms with Crippen LogP contribution >= 0.6 is 0 Å². The third-order valence-electron chi connectivity index (χ3n) is 5.72. The maximum atomic E-state index is 2.46. The topological polar surface area (TPSA) is 4.93 Å². The zero-order valence-electron chi connectivity index (χ0n) is 13.4. The van der Waals surface area contributed by atoms with E-state index >= 15 is 0 Å². The van der Waals surface area contributed by atoms with E-state index in [4.69, 9.17) is 0 Å². The van der Waals surface area contributed by atoms with Crippen molar-refractivity contribution in [3.8, 4) is 0 Å². The van der Waals surface area contributed by atoms with Crippen LogP contribution in [-0.2, 0) is 13.5 Å². The molecule has 2 aromatic rings. The monoisotopic (exact) mass is 281 g/mol. The van der Waals surface area contributed by atoms with Crippen LogP contribution in [0.25, 0.3) is 16.6 Å². The number of nitrogens with zero attached hydrogens (tertiary/aromatic N) is 2. The van der Waals surface area contributed by atoms with Gasteiger partial charge in [0.2, 0.25) is 0 Å². The van der Waals surface area contributed by atoms with Crippen LogP contribution in [-0.4, -0.2) is 29.2 Å². The molecule has 1 aromatic heterocycles. The number of hydrogen-bond donors (Lipinski definition) is 0. The van der Waals surface area contributed by atoms with Crippen LogP contribution in [0.5, 0.6) is 0 Å². The number of fused-ring (bicyclic) bond motifs is 5. The second-order valence-corrected chi connectivity index (χ2v) is 6.91. The number of aromatic nitrogens is 1. The SMILES string of the molecule is CCC1=C2c3c(c4ccccc4n3C)CC[N+]2(C)CCC1. The Balaban J connectivity index is 2.09. The highest BCUT2D eigenvalue weighted by atomic mass is 15.4. The van der Waals surface area contributed by atoms with Gasteiger partial charge in [0.15, 0.2) is 5.70 Å². The standard InChI is InChI=1S/C19H25N2/c1-4-14-8-7-12-21(3)13-11-16-15-9-5-6-10-17(15)20(2)18(16)19(14)21/h5-6,9-10H,4,7-8,11-13H2,1-3H3/q+1. The Bertz CT molecular complexity index is 750. The van der Waals surface area contributed by atoms with Crippen LogP contribution in [0.1, 0.15) is 37.4 Å². The Hall–Kier alpha value is -1.54. The van der Waals surface area contributed by atoms with Crippen molar-refractivity contribution in [1.29, 1.82) is 0 Å².